The highest BCUT2D eigenvalue weighted by atomic mass is 16.3. The molecule has 0 unspecified atom stereocenters. The molecule has 0 heterocycles. The van der Waals surface area contributed by atoms with Crippen LogP contribution in [0.15, 0.2) is 12.3 Å². The van der Waals surface area contributed by atoms with E-state index in [4.69, 9.17) is 5.11 Å². The summed E-state index contributed by atoms with van der Waals surface area (Å²) >= 11 is 0. The van der Waals surface area contributed by atoms with Gasteiger partial charge in [0.25, 0.3) is 0 Å². The number of hydrogen-bond donors (Lipinski definition) is 2. The third-order valence-electron chi connectivity index (χ3n) is 1.22. The summed E-state index contributed by atoms with van der Waals surface area (Å²) in [5.41, 5.74) is 0. The summed E-state index contributed by atoms with van der Waals surface area (Å²) < 4.78 is 0. The zero-order valence-corrected chi connectivity index (χ0v) is 6.64. The fourth-order valence-electron chi connectivity index (χ4n) is 0.637. The number of nitrogens with one attached hydrogen (secondary N) is 1. The Balaban J connectivity index is 2.89. The summed E-state index contributed by atoms with van der Waals surface area (Å²) in [5, 5.41) is 11.3. The first-order chi connectivity index (χ1) is 4.91. The van der Waals surface area contributed by atoms with Crippen LogP contribution in [0.4, 0.5) is 0 Å². The van der Waals surface area contributed by atoms with E-state index in [2.05, 4.69) is 18.3 Å². The van der Waals surface area contributed by atoms with E-state index in [1.807, 2.05) is 6.20 Å². The Morgan fingerprint density at radius 3 is 2.90 bits per heavy atom. The van der Waals surface area contributed by atoms with Gasteiger partial charge < -0.3 is 10.4 Å². The van der Waals surface area contributed by atoms with E-state index in [0.717, 1.165) is 6.42 Å². The van der Waals surface area contributed by atoms with Crippen molar-refractivity contribution in [3.8, 4) is 0 Å². The van der Waals surface area contributed by atoms with Crippen LogP contribution in [0.1, 0.15) is 26.2 Å². The molecular formula is C8H17NO. The van der Waals surface area contributed by atoms with Crippen molar-refractivity contribution >= 4 is 0 Å². The van der Waals surface area contributed by atoms with Crippen molar-refractivity contribution in [2.24, 2.45) is 0 Å². The predicted octanol–water partition coefficient (Wildman–Crippen LogP) is 1.27. The van der Waals surface area contributed by atoms with E-state index in [9.17, 15) is 0 Å². The highest BCUT2D eigenvalue weighted by Gasteiger charge is 1.77. The summed E-state index contributed by atoms with van der Waals surface area (Å²) in [4.78, 5) is 0. The number of aliphatic hydroxyl groups is 1. The van der Waals surface area contributed by atoms with Crippen LogP contribution in [0, 0.1) is 0 Å². The molecular weight excluding hydrogens is 126 g/mol. The van der Waals surface area contributed by atoms with E-state index in [1.165, 1.54) is 12.8 Å². The quantitative estimate of drug-likeness (QED) is 0.549. The van der Waals surface area contributed by atoms with Crippen molar-refractivity contribution in [1.29, 1.82) is 0 Å². The van der Waals surface area contributed by atoms with Crippen molar-refractivity contribution in [1.82, 2.24) is 5.32 Å². The molecule has 0 atom stereocenters. The molecule has 10 heavy (non-hydrogen) atoms. The van der Waals surface area contributed by atoms with E-state index in [-0.39, 0.29) is 6.61 Å². The molecule has 0 aliphatic carbocycles. The topological polar surface area (TPSA) is 32.3 Å². The van der Waals surface area contributed by atoms with Crippen molar-refractivity contribution in [2.75, 3.05) is 13.2 Å². The van der Waals surface area contributed by atoms with Gasteiger partial charge >= 0.3 is 0 Å². The molecule has 0 fully saturated rings. The molecule has 2 heteroatoms. The average molecular weight is 143 g/mol. The Kier molecular flexibility index (Phi) is 8.07. The number of aliphatic hydroxyl groups excluding tert-OH is 1. The molecule has 0 aliphatic heterocycles. The minimum atomic E-state index is 0.206. The van der Waals surface area contributed by atoms with Gasteiger partial charge in [-0.15, -0.1) is 0 Å². The fraction of sp³-hybridized carbons (Fsp3) is 0.750. The molecule has 2 nitrogen and oxygen atoms in total. The van der Waals surface area contributed by atoms with E-state index in [1.54, 1.807) is 0 Å². The van der Waals surface area contributed by atoms with Gasteiger partial charge in [-0.05, 0) is 12.6 Å². The largest absolute Gasteiger partial charge is 0.395 e. The first kappa shape index (κ1) is 9.50. The normalized spacial score (nSPS) is 10.6. The average Bonchev–Trinajstić information content (AvgIpc) is 1.97. The van der Waals surface area contributed by atoms with Gasteiger partial charge in [-0.3, -0.25) is 0 Å². The minimum absolute atomic E-state index is 0.206. The molecule has 0 saturated carbocycles. The monoisotopic (exact) mass is 143 g/mol. The Hall–Kier alpha value is -0.500. The van der Waals surface area contributed by atoms with Crippen LogP contribution in [0.3, 0.4) is 0 Å². The van der Waals surface area contributed by atoms with Gasteiger partial charge in [-0.1, -0.05) is 25.8 Å². The molecule has 0 saturated heterocycles. The zero-order chi connectivity index (χ0) is 7.66. The van der Waals surface area contributed by atoms with Gasteiger partial charge in [0.2, 0.25) is 0 Å². The molecule has 0 aliphatic rings. The van der Waals surface area contributed by atoms with Crippen LogP contribution in [-0.4, -0.2) is 18.3 Å². The van der Waals surface area contributed by atoms with Crippen LogP contribution in [-0.2, 0) is 0 Å². The van der Waals surface area contributed by atoms with E-state index < -0.39 is 0 Å². The summed E-state index contributed by atoms with van der Waals surface area (Å²) in [5.74, 6) is 0. The second-order valence-electron chi connectivity index (χ2n) is 2.22. The van der Waals surface area contributed by atoms with Gasteiger partial charge in [0.1, 0.15) is 0 Å². The molecule has 0 bridgehead atoms. The van der Waals surface area contributed by atoms with Crippen LogP contribution >= 0.6 is 0 Å². The van der Waals surface area contributed by atoms with Gasteiger partial charge in [0.15, 0.2) is 0 Å². The maximum Gasteiger partial charge on any atom is 0.0603 e. The first-order valence-corrected chi connectivity index (χ1v) is 3.91. The maximum atomic E-state index is 8.37. The molecule has 0 amide bonds. The van der Waals surface area contributed by atoms with Crippen molar-refractivity contribution in [3.05, 3.63) is 12.3 Å². The first-order valence-electron chi connectivity index (χ1n) is 3.91. The number of unbranched alkanes of at least 4 members (excludes halogenated alkanes) is 2. The Morgan fingerprint density at radius 1 is 1.50 bits per heavy atom. The van der Waals surface area contributed by atoms with E-state index >= 15 is 0 Å². The third kappa shape index (κ3) is 7.50. The molecule has 0 aromatic rings. The molecule has 0 radical (unpaired) electrons. The number of allylic oxidation sites excluding steroid dienone is 1. The summed E-state index contributed by atoms with van der Waals surface area (Å²) in [6.07, 6.45) is 7.63. The second-order valence-corrected chi connectivity index (χ2v) is 2.22. The Bertz CT molecular complexity index is 71.3. The number of hydrogen-bond acceptors (Lipinski definition) is 2. The lowest BCUT2D eigenvalue weighted by Gasteiger charge is -1.93. The second kappa shape index (κ2) is 8.50. The van der Waals surface area contributed by atoms with Crippen molar-refractivity contribution in [2.45, 2.75) is 26.2 Å². The molecule has 0 aromatic heterocycles. The summed E-state index contributed by atoms with van der Waals surface area (Å²) in [6.45, 7) is 3.04. The fourth-order valence-corrected chi connectivity index (χ4v) is 0.637. The maximum absolute atomic E-state index is 8.37. The highest BCUT2D eigenvalue weighted by Crippen LogP contribution is 1.93. The molecule has 0 spiro atoms. The standard InChI is InChI=1S/C8H17NO/c1-2-3-4-5-6-9-7-8-10/h5-6,9-10H,2-4,7-8H2,1H3. The van der Waals surface area contributed by atoms with Crippen LogP contribution < -0.4 is 5.32 Å². The summed E-state index contributed by atoms with van der Waals surface area (Å²) in [7, 11) is 0. The van der Waals surface area contributed by atoms with Gasteiger partial charge in [0.05, 0.1) is 6.61 Å². The smallest absolute Gasteiger partial charge is 0.0603 e. The number of rotatable bonds is 6. The minimum Gasteiger partial charge on any atom is -0.395 e. The Labute approximate surface area is 62.9 Å². The third-order valence-corrected chi connectivity index (χ3v) is 1.22. The lowest BCUT2D eigenvalue weighted by atomic mass is 10.2. The predicted molar refractivity (Wildman–Crippen MR) is 43.8 cm³/mol. The highest BCUT2D eigenvalue weighted by molar-refractivity contribution is 4.78. The van der Waals surface area contributed by atoms with Crippen LogP contribution in [0.2, 0.25) is 0 Å². The Morgan fingerprint density at radius 2 is 2.30 bits per heavy atom. The van der Waals surface area contributed by atoms with Crippen LogP contribution in [0.25, 0.3) is 0 Å². The van der Waals surface area contributed by atoms with Gasteiger partial charge in [-0.2, -0.15) is 0 Å². The van der Waals surface area contributed by atoms with Gasteiger partial charge in [0, 0.05) is 6.54 Å². The summed E-state index contributed by atoms with van der Waals surface area (Å²) in [6, 6.07) is 0. The van der Waals surface area contributed by atoms with Crippen molar-refractivity contribution in [3.63, 3.8) is 0 Å². The van der Waals surface area contributed by atoms with Crippen molar-refractivity contribution < 1.29 is 5.11 Å². The lowest BCUT2D eigenvalue weighted by Crippen LogP contribution is -2.10. The van der Waals surface area contributed by atoms with Crippen LogP contribution in [0.5, 0.6) is 0 Å². The van der Waals surface area contributed by atoms with Gasteiger partial charge in [-0.25, -0.2) is 0 Å². The molecule has 2 N–H and O–H groups in total. The SMILES string of the molecule is CCCCC=CNCCO. The molecule has 0 aromatic carbocycles. The lowest BCUT2D eigenvalue weighted by molar-refractivity contribution is 0.298. The molecule has 0 rings (SSSR count). The molecule has 60 valence electrons. The van der Waals surface area contributed by atoms with E-state index in [0.29, 0.717) is 6.54 Å². The zero-order valence-electron chi connectivity index (χ0n) is 6.64.